The second-order valence-corrected chi connectivity index (χ2v) is 8.31. The summed E-state index contributed by atoms with van der Waals surface area (Å²) < 4.78 is 0. The molecule has 8 heteroatoms. The van der Waals surface area contributed by atoms with Crippen molar-refractivity contribution in [1.29, 1.82) is 0 Å². The third kappa shape index (κ3) is 6.95. The summed E-state index contributed by atoms with van der Waals surface area (Å²) in [6, 6.07) is 8.39. The molecule has 158 valence electrons. The molecule has 0 radical (unpaired) electrons. The van der Waals surface area contributed by atoms with Gasteiger partial charge < -0.3 is 15.5 Å². The van der Waals surface area contributed by atoms with Crippen molar-refractivity contribution in [3.8, 4) is 0 Å². The topological polar surface area (TPSA) is 69.6 Å². The average molecular weight is 527 g/mol. The fourth-order valence-electron chi connectivity index (χ4n) is 3.26. The van der Waals surface area contributed by atoms with E-state index < -0.39 is 0 Å². The van der Waals surface area contributed by atoms with Crippen LogP contribution in [-0.2, 0) is 24.4 Å². The van der Waals surface area contributed by atoms with Crippen LogP contribution >= 0.6 is 35.3 Å². The Kier molecular flexibility index (Phi) is 9.35. The zero-order chi connectivity index (χ0) is 19.9. The van der Waals surface area contributed by atoms with Crippen LogP contribution < -0.4 is 10.6 Å². The van der Waals surface area contributed by atoms with Crippen LogP contribution in [0.15, 0.2) is 29.3 Å². The van der Waals surface area contributed by atoms with E-state index >= 15 is 0 Å². The van der Waals surface area contributed by atoms with Crippen molar-refractivity contribution in [3.63, 3.8) is 0 Å². The number of aromatic nitrogens is 1. The van der Waals surface area contributed by atoms with Gasteiger partial charge in [0.15, 0.2) is 5.96 Å². The van der Waals surface area contributed by atoms with Gasteiger partial charge in [-0.1, -0.05) is 24.3 Å². The number of nitrogens with one attached hydrogen (secondary N) is 2. The summed E-state index contributed by atoms with van der Waals surface area (Å²) in [5.41, 5.74) is 3.40. The van der Waals surface area contributed by atoms with Gasteiger partial charge in [-0.2, -0.15) is 0 Å². The summed E-state index contributed by atoms with van der Waals surface area (Å²) in [7, 11) is 0. The first-order valence-corrected chi connectivity index (χ1v) is 10.7. The maximum absolute atomic E-state index is 11.8. The van der Waals surface area contributed by atoms with Gasteiger partial charge >= 0.3 is 0 Å². The van der Waals surface area contributed by atoms with Gasteiger partial charge in [-0.05, 0) is 38.3 Å². The number of rotatable bonds is 7. The number of carbonyl (C=O) groups excluding carboxylic acids is 1. The molecule has 1 aliphatic heterocycles. The lowest BCUT2D eigenvalue weighted by Crippen LogP contribution is -2.36. The van der Waals surface area contributed by atoms with Crippen LogP contribution in [0.1, 0.15) is 46.5 Å². The van der Waals surface area contributed by atoms with Gasteiger partial charge in [-0.3, -0.25) is 4.79 Å². The summed E-state index contributed by atoms with van der Waals surface area (Å²) >= 11 is 1.72. The molecule has 0 saturated carbocycles. The Hall–Kier alpha value is -1.68. The summed E-state index contributed by atoms with van der Waals surface area (Å²) in [5, 5.41) is 7.77. The minimum atomic E-state index is 0. The molecule has 29 heavy (non-hydrogen) atoms. The van der Waals surface area contributed by atoms with Crippen molar-refractivity contribution in [3.05, 3.63) is 51.0 Å². The van der Waals surface area contributed by atoms with E-state index in [1.807, 2.05) is 18.7 Å². The molecule has 0 unspecified atom stereocenters. The smallest absolute Gasteiger partial charge is 0.222 e. The third-order valence-corrected chi connectivity index (χ3v) is 5.82. The maximum atomic E-state index is 11.8. The summed E-state index contributed by atoms with van der Waals surface area (Å²) in [4.78, 5) is 24.1. The van der Waals surface area contributed by atoms with Gasteiger partial charge in [0, 0.05) is 30.9 Å². The highest BCUT2D eigenvalue weighted by atomic mass is 127. The van der Waals surface area contributed by atoms with E-state index in [1.165, 1.54) is 10.4 Å². The first kappa shape index (κ1) is 23.6. The van der Waals surface area contributed by atoms with Gasteiger partial charge in [0.1, 0.15) is 0 Å². The molecule has 2 N–H and O–H groups in total. The zero-order valence-electron chi connectivity index (χ0n) is 17.3. The van der Waals surface area contributed by atoms with Gasteiger partial charge in [-0.25, -0.2) is 9.98 Å². The molecule has 1 aliphatic rings. The molecule has 2 aromatic rings. The van der Waals surface area contributed by atoms with E-state index in [1.54, 1.807) is 11.3 Å². The first-order chi connectivity index (χ1) is 13.5. The van der Waals surface area contributed by atoms with Crippen LogP contribution in [0.2, 0.25) is 0 Å². The predicted molar refractivity (Wildman–Crippen MR) is 130 cm³/mol. The van der Waals surface area contributed by atoms with Crippen molar-refractivity contribution in [2.24, 2.45) is 4.99 Å². The number of thiazole rings is 1. The lowest BCUT2D eigenvalue weighted by molar-refractivity contribution is -0.128. The number of amides is 1. The fraction of sp³-hybridized carbons (Fsp3) is 0.476. The molecule has 1 aromatic carbocycles. The predicted octanol–water partition coefficient (Wildman–Crippen LogP) is 3.76. The van der Waals surface area contributed by atoms with Gasteiger partial charge in [0.25, 0.3) is 0 Å². The van der Waals surface area contributed by atoms with Crippen molar-refractivity contribution >= 4 is 47.2 Å². The second-order valence-electron chi connectivity index (χ2n) is 7.03. The van der Waals surface area contributed by atoms with Crippen LogP contribution in [0.3, 0.4) is 0 Å². The van der Waals surface area contributed by atoms with Crippen LogP contribution in [0.5, 0.6) is 0 Å². The number of likely N-dealkylation sites (tertiary alicyclic amines) is 1. The number of benzene rings is 1. The molecule has 1 amide bonds. The van der Waals surface area contributed by atoms with E-state index in [2.05, 4.69) is 46.8 Å². The molecule has 2 heterocycles. The van der Waals surface area contributed by atoms with Crippen LogP contribution in [0.25, 0.3) is 0 Å². The Morgan fingerprint density at radius 3 is 2.52 bits per heavy atom. The summed E-state index contributed by atoms with van der Waals surface area (Å²) in [5.74, 6) is 1.07. The van der Waals surface area contributed by atoms with E-state index in [0.29, 0.717) is 19.5 Å². The number of halogens is 1. The summed E-state index contributed by atoms with van der Waals surface area (Å²) in [6.45, 7) is 9.88. The quantitative estimate of drug-likeness (QED) is 0.327. The molecule has 0 aliphatic carbocycles. The SMILES string of the molecule is CCNC(=NCc1ccc(CN2CCCC2=O)cc1)NCc1sc(C)nc1C.I. The van der Waals surface area contributed by atoms with Crippen LogP contribution in [-0.4, -0.2) is 34.8 Å². The molecule has 1 saturated heterocycles. The fourth-order valence-corrected chi connectivity index (χ4v) is 4.13. The highest BCUT2D eigenvalue weighted by Gasteiger charge is 2.19. The molecule has 1 fully saturated rings. The highest BCUT2D eigenvalue weighted by molar-refractivity contribution is 14.0. The van der Waals surface area contributed by atoms with E-state index in [9.17, 15) is 4.79 Å². The number of hydrogen-bond donors (Lipinski definition) is 2. The Labute approximate surface area is 194 Å². The minimum absolute atomic E-state index is 0. The first-order valence-electron chi connectivity index (χ1n) is 9.86. The van der Waals surface area contributed by atoms with Crippen molar-refractivity contribution in [1.82, 2.24) is 20.5 Å². The highest BCUT2D eigenvalue weighted by Crippen LogP contribution is 2.17. The number of hydrogen-bond acceptors (Lipinski definition) is 4. The van der Waals surface area contributed by atoms with Crippen LogP contribution in [0, 0.1) is 13.8 Å². The van der Waals surface area contributed by atoms with Crippen molar-refractivity contribution in [2.75, 3.05) is 13.1 Å². The van der Waals surface area contributed by atoms with Gasteiger partial charge in [0.2, 0.25) is 5.91 Å². The minimum Gasteiger partial charge on any atom is -0.357 e. The molecule has 3 rings (SSSR count). The van der Waals surface area contributed by atoms with E-state index in [0.717, 1.165) is 48.3 Å². The molecule has 0 bridgehead atoms. The third-order valence-electron chi connectivity index (χ3n) is 4.75. The number of nitrogens with zero attached hydrogens (tertiary/aromatic N) is 3. The zero-order valence-corrected chi connectivity index (χ0v) is 20.5. The molecular weight excluding hydrogens is 497 g/mol. The largest absolute Gasteiger partial charge is 0.357 e. The standard InChI is InChI=1S/C21H29N5OS.HI/c1-4-22-21(24-13-19-15(2)25-16(3)28-19)23-12-17-7-9-18(10-8-17)14-26-11-5-6-20(26)27;/h7-10H,4-6,11-14H2,1-3H3,(H2,22,23,24);1H. The van der Waals surface area contributed by atoms with Crippen molar-refractivity contribution in [2.45, 2.75) is 53.2 Å². The van der Waals surface area contributed by atoms with E-state index in [4.69, 9.17) is 4.99 Å². The number of aliphatic imine (C=N–C) groups is 1. The average Bonchev–Trinajstić information content (AvgIpc) is 3.23. The second kappa shape index (κ2) is 11.5. The molecule has 1 aromatic heterocycles. The molecule has 0 spiro atoms. The van der Waals surface area contributed by atoms with Gasteiger partial charge in [0.05, 0.1) is 23.8 Å². The number of aryl methyl sites for hydroxylation is 2. The number of carbonyl (C=O) groups is 1. The molecule has 0 atom stereocenters. The van der Waals surface area contributed by atoms with Gasteiger partial charge in [-0.15, -0.1) is 35.3 Å². The lowest BCUT2D eigenvalue weighted by atomic mass is 10.1. The van der Waals surface area contributed by atoms with Crippen LogP contribution in [0.4, 0.5) is 0 Å². The Bertz CT molecular complexity index is 834. The normalized spacial score (nSPS) is 14.1. The van der Waals surface area contributed by atoms with Crippen molar-refractivity contribution < 1.29 is 4.79 Å². The molecular formula is C21H30IN5OS. The Balaban J connectivity index is 0.00000300. The molecule has 6 nitrogen and oxygen atoms in total. The monoisotopic (exact) mass is 527 g/mol. The Morgan fingerprint density at radius 2 is 1.93 bits per heavy atom. The number of guanidine groups is 1. The summed E-state index contributed by atoms with van der Waals surface area (Å²) in [6.07, 6.45) is 1.67. The maximum Gasteiger partial charge on any atom is 0.222 e. The van der Waals surface area contributed by atoms with E-state index in [-0.39, 0.29) is 29.9 Å². The lowest BCUT2D eigenvalue weighted by Gasteiger charge is -2.15. The Morgan fingerprint density at radius 1 is 1.21 bits per heavy atom.